The number of nitrogens with zero attached hydrogens (tertiary/aromatic N) is 5. The van der Waals surface area contributed by atoms with Crippen LogP contribution in [0.25, 0.3) is 16.6 Å². The van der Waals surface area contributed by atoms with Gasteiger partial charge in [-0.15, -0.1) is 5.10 Å². The van der Waals surface area contributed by atoms with Gasteiger partial charge in [-0.25, -0.2) is 15.0 Å². The molecule has 10 heteroatoms. The fourth-order valence-electron chi connectivity index (χ4n) is 2.97. The number of nitrogens with two attached hydrogens (primary N) is 1. The molecule has 4 N–H and O–H groups in total. The zero-order chi connectivity index (χ0) is 20.2. The topological polar surface area (TPSA) is 132 Å². The van der Waals surface area contributed by atoms with Crippen LogP contribution in [0.1, 0.15) is 5.82 Å². The molecule has 4 rings (SSSR count). The molecule has 0 spiro atoms. The van der Waals surface area contributed by atoms with Gasteiger partial charge in [0.2, 0.25) is 11.9 Å². The van der Waals surface area contributed by atoms with Gasteiger partial charge >= 0.3 is 0 Å². The standard InChI is InChI=1S/C19H20N8O2/c1-29-13-6-4-5-12-17(13)25-19(20)27-18(12)24-15(26-27)11-16(28)23-10-9-22-14-7-2-3-8-21-14/h2-8H,9-11H2,1H3,(H2,20,25)(H,21,22)(H,23,28). The molecule has 0 fully saturated rings. The Morgan fingerprint density at radius 3 is 2.86 bits per heavy atom. The number of pyridine rings is 1. The van der Waals surface area contributed by atoms with Gasteiger partial charge in [-0.3, -0.25) is 4.79 Å². The molecule has 0 saturated carbocycles. The molecule has 1 aromatic carbocycles. The quantitative estimate of drug-likeness (QED) is 0.397. The first kappa shape index (κ1) is 18.4. The van der Waals surface area contributed by atoms with Gasteiger partial charge in [0.15, 0.2) is 11.5 Å². The Morgan fingerprint density at radius 2 is 2.07 bits per heavy atom. The molecule has 0 bridgehead atoms. The van der Waals surface area contributed by atoms with Gasteiger partial charge in [0, 0.05) is 24.7 Å². The number of fused-ring (bicyclic) bond motifs is 3. The van der Waals surface area contributed by atoms with Gasteiger partial charge in [-0.1, -0.05) is 12.1 Å². The van der Waals surface area contributed by atoms with Crippen LogP contribution in [0.5, 0.6) is 5.75 Å². The van der Waals surface area contributed by atoms with Crippen LogP contribution < -0.4 is 21.1 Å². The van der Waals surface area contributed by atoms with Crippen LogP contribution >= 0.6 is 0 Å². The third kappa shape index (κ3) is 3.86. The molecule has 10 nitrogen and oxygen atoms in total. The summed E-state index contributed by atoms with van der Waals surface area (Å²) in [4.78, 5) is 25.2. The summed E-state index contributed by atoms with van der Waals surface area (Å²) in [5.74, 6) is 1.71. The van der Waals surface area contributed by atoms with E-state index in [4.69, 9.17) is 10.5 Å². The highest BCUT2D eigenvalue weighted by molar-refractivity contribution is 5.95. The van der Waals surface area contributed by atoms with E-state index < -0.39 is 0 Å². The number of hydrogen-bond donors (Lipinski definition) is 3. The normalized spacial score (nSPS) is 10.9. The van der Waals surface area contributed by atoms with E-state index >= 15 is 0 Å². The van der Waals surface area contributed by atoms with Gasteiger partial charge in [-0.05, 0) is 24.3 Å². The van der Waals surface area contributed by atoms with Gasteiger partial charge in [0.25, 0.3) is 0 Å². The maximum Gasteiger partial charge on any atom is 0.227 e. The number of aromatic nitrogens is 5. The molecule has 29 heavy (non-hydrogen) atoms. The molecule has 0 aliphatic rings. The number of ether oxygens (including phenoxy) is 1. The largest absolute Gasteiger partial charge is 0.494 e. The first-order chi connectivity index (χ1) is 14.2. The maximum absolute atomic E-state index is 12.2. The second kappa shape index (κ2) is 7.97. The molecule has 0 unspecified atom stereocenters. The molecule has 1 amide bonds. The number of nitrogens with one attached hydrogen (secondary N) is 2. The third-order valence-electron chi connectivity index (χ3n) is 4.29. The van der Waals surface area contributed by atoms with Crippen molar-refractivity contribution in [2.75, 3.05) is 31.2 Å². The van der Waals surface area contributed by atoms with E-state index in [0.717, 1.165) is 11.2 Å². The van der Waals surface area contributed by atoms with Crippen LogP contribution in [-0.4, -0.2) is 50.7 Å². The molecule has 4 aromatic rings. The zero-order valence-electron chi connectivity index (χ0n) is 15.8. The first-order valence-corrected chi connectivity index (χ1v) is 9.05. The number of carbonyl (C=O) groups is 1. The number of benzene rings is 1. The molecular formula is C19H20N8O2. The van der Waals surface area contributed by atoms with Crippen LogP contribution in [0.2, 0.25) is 0 Å². The average Bonchev–Trinajstić information content (AvgIpc) is 3.16. The van der Waals surface area contributed by atoms with Crippen molar-refractivity contribution in [3.05, 3.63) is 48.4 Å². The SMILES string of the molecule is COc1cccc2c1nc(N)n1nc(CC(=O)NCCNc3ccccn3)nc21. The van der Waals surface area contributed by atoms with Crippen LogP contribution in [0, 0.1) is 0 Å². The number of amides is 1. The predicted molar refractivity (Wildman–Crippen MR) is 109 cm³/mol. The number of carbonyl (C=O) groups excluding carboxylic acids is 1. The van der Waals surface area contributed by atoms with E-state index in [2.05, 4.69) is 30.7 Å². The monoisotopic (exact) mass is 392 g/mol. The van der Waals surface area contributed by atoms with E-state index in [1.165, 1.54) is 4.52 Å². The number of anilines is 2. The summed E-state index contributed by atoms with van der Waals surface area (Å²) in [5, 5.41) is 11.0. The molecule has 0 radical (unpaired) electrons. The third-order valence-corrected chi connectivity index (χ3v) is 4.29. The molecule has 3 heterocycles. The fourth-order valence-corrected chi connectivity index (χ4v) is 2.97. The average molecular weight is 392 g/mol. The molecular weight excluding hydrogens is 372 g/mol. The molecule has 148 valence electrons. The fraction of sp³-hybridized carbons (Fsp3) is 0.211. The zero-order valence-corrected chi connectivity index (χ0v) is 15.8. The van der Waals surface area contributed by atoms with Crippen molar-refractivity contribution >= 4 is 34.2 Å². The van der Waals surface area contributed by atoms with Crippen molar-refractivity contribution in [1.29, 1.82) is 0 Å². The van der Waals surface area contributed by atoms with Crippen molar-refractivity contribution in [1.82, 2.24) is 29.9 Å². The lowest BCUT2D eigenvalue weighted by Gasteiger charge is -2.06. The van der Waals surface area contributed by atoms with Gasteiger partial charge < -0.3 is 21.1 Å². The van der Waals surface area contributed by atoms with Gasteiger partial charge in [0.1, 0.15) is 17.1 Å². The van der Waals surface area contributed by atoms with Crippen LogP contribution in [0.15, 0.2) is 42.6 Å². The summed E-state index contributed by atoms with van der Waals surface area (Å²) in [6.45, 7) is 1.01. The summed E-state index contributed by atoms with van der Waals surface area (Å²) in [6, 6.07) is 11.1. The van der Waals surface area contributed by atoms with E-state index in [0.29, 0.717) is 35.8 Å². The second-order valence-electron chi connectivity index (χ2n) is 6.26. The highest BCUT2D eigenvalue weighted by atomic mass is 16.5. The number of rotatable bonds is 7. The van der Waals surface area contributed by atoms with Crippen LogP contribution in [-0.2, 0) is 11.2 Å². The van der Waals surface area contributed by atoms with E-state index in [1.807, 2.05) is 30.3 Å². The van der Waals surface area contributed by atoms with Crippen molar-refractivity contribution in [3.63, 3.8) is 0 Å². The Hall–Kier alpha value is -3.95. The highest BCUT2D eigenvalue weighted by Gasteiger charge is 2.16. The molecule has 0 saturated heterocycles. The van der Waals surface area contributed by atoms with E-state index in [-0.39, 0.29) is 18.3 Å². The van der Waals surface area contributed by atoms with Gasteiger partial charge in [0.05, 0.1) is 13.5 Å². The lowest BCUT2D eigenvalue weighted by Crippen LogP contribution is -2.30. The number of nitrogen functional groups attached to an aromatic ring is 1. The summed E-state index contributed by atoms with van der Waals surface area (Å²) in [6.07, 6.45) is 1.74. The van der Waals surface area contributed by atoms with Crippen molar-refractivity contribution < 1.29 is 9.53 Å². The Morgan fingerprint density at radius 1 is 1.17 bits per heavy atom. The smallest absolute Gasteiger partial charge is 0.227 e. The number of hydrogen-bond acceptors (Lipinski definition) is 8. The lowest BCUT2D eigenvalue weighted by atomic mass is 10.2. The summed E-state index contributed by atoms with van der Waals surface area (Å²) < 4.78 is 6.78. The van der Waals surface area contributed by atoms with Crippen LogP contribution in [0.3, 0.4) is 0 Å². The maximum atomic E-state index is 12.2. The lowest BCUT2D eigenvalue weighted by molar-refractivity contribution is -0.120. The van der Waals surface area contributed by atoms with Crippen molar-refractivity contribution in [2.24, 2.45) is 0 Å². The summed E-state index contributed by atoms with van der Waals surface area (Å²) in [5.41, 5.74) is 7.16. The Kier molecular flexibility index (Phi) is 5.06. The predicted octanol–water partition coefficient (Wildman–Crippen LogP) is 1.03. The van der Waals surface area contributed by atoms with E-state index in [1.54, 1.807) is 19.4 Å². The molecule has 0 atom stereocenters. The Balaban J connectivity index is 1.45. The number of para-hydroxylation sites is 1. The van der Waals surface area contributed by atoms with Crippen molar-refractivity contribution in [2.45, 2.75) is 6.42 Å². The summed E-state index contributed by atoms with van der Waals surface area (Å²) in [7, 11) is 1.57. The van der Waals surface area contributed by atoms with Gasteiger partial charge in [-0.2, -0.15) is 4.52 Å². The second-order valence-corrected chi connectivity index (χ2v) is 6.26. The van der Waals surface area contributed by atoms with Crippen LogP contribution in [0.4, 0.5) is 11.8 Å². The Labute approximate surface area is 166 Å². The molecule has 3 aromatic heterocycles. The minimum atomic E-state index is -0.183. The summed E-state index contributed by atoms with van der Waals surface area (Å²) >= 11 is 0. The first-order valence-electron chi connectivity index (χ1n) is 9.05. The number of methoxy groups -OCH3 is 1. The van der Waals surface area contributed by atoms with E-state index in [9.17, 15) is 4.79 Å². The Bertz CT molecular complexity index is 1160. The highest BCUT2D eigenvalue weighted by Crippen LogP contribution is 2.27. The minimum absolute atomic E-state index is 0.0379. The minimum Gasteiger partial charge on any atom is -0.494 e. The molecule has 0 aliphatic carbocycles. The molecule has 0 aliphatic heterocycles. The van der Waals surface area contributed by atoms with Crippen molar-refractivity contribution in [3.8, 4) is 5.75 Å².